The molecular weight excluding hydrogens is 210 g/mol. The van der Waals surface area contributed by atoms with E-state index >= 15 is 0 Å². The molecule has 0 radical (unpaired) electrons. The molecule has 92 valence electrons. The number of hydrogen-bond donors (Lipinski definition) is 1. The smallest absolute Gasteiger partial charge is 0.0604 e. The van der Waals surface area contributed by atoms with Gasteiger partial charge in [0, 0.05) is 18.0 Å². The second-order valence-electron chi connectivity index (χ2n) is 5.02. The summed E-state index contributed by atoms with van der Waals surface area (Å²) >= 11 is 0. The van der Waals surface area contributed by atoms with Gasteiger partial charge in [-0.25, -0.2) is 0 Å². The third-order valence-electron chi connectivity index (χ3n) is 3.80. The highest BCUT2D eigenvalue weighted by molar-refractivity contribution is 5.84. The molecule has 1 N–H and O–H groups in total. The minimum atomic E-state index is 0.287. The van der Waals surface area contributed by atoms with Gasteiger partial charge in [0.1, 0.15) is 0 Å². The Morgan fingerprint density at radius 3 is 2.88 bits per heavy atom. The maximum Gasteiger partial charge on any atom is 0.0604 e. The molecule has 1 aromatic heterocycles. The maximum atomic E-state index is 7.86. The fourth-order valence-corrected chi connectivity index (χ4v) is 2.83. The summed E-state index contributed by atoms with van der Waals surface area (Å²) in [6.45, 7) is 4.03. The van der Waals surface area contributed by atoms with E-state index in [2.05, 4.69) is 29.9 Å². The van der Waals surface area contributed by atoms with Crippen molar-refractivity contribution in [2.24, 2.45) is 0 Å². The molecule has 2 heterocycles. The van der Waals surface area contributed by atoms with Crippen LogP contribution in [-0.4, -0.2) is 28.7 Å². The monoisotopic (exact) mass is 231 g/mol. The van der Waals surface area contributed by atoms with E-state index in [1.165, 1.54) is 17.7 Å². The van der Waals surface area contributed by atoms with E-state index in [0.717, 1.165) is 18.6 Å². The lowest BCUT2D eigenvalue weighted by molar-refractivity contribution is 0.149. The Balaban J connectivity index is 2.27. The Kier molecular flexibility index (Phi) is 3.57. The van der Waals surface area contributed by atoms with E-state index in [9.17, 15) is 0 Å². The lowest BCUT2D eigenvalue weighted by Gasteiger charge is -2.39. The summed E-state index contributed by atoms with van der Waals surface area (Å²) in [5, 5.41) is 7.86. The van der Waals surface area contributed by atoms with Crippen molar-refractivity contribution < 1.29 is 0 Å². The Labute approximate surface area is 103 Å². The zero-order valence-electron chi connectivity index (χ0n) is 10.9. The number of aryl methyl sites for hydroxylation is 1. The number of nitrogens with one attached hydrogen (secondary N) is 1. The second kappa shape index (κ2) is 4.96. The molecule has 17 heavy (non-hydrogen) atoms. The summed E-state index contributed by atoms with van der Waals surface area (Å²) in [7, 11) is 2.13. The van der Waals surface area contributed by atoms with E-state index in [-0.39, 0.29) is 6.04 Å². The SMILES string of the molecule is CC(=N)[C@H]1CCC[C@@H](c2ncccc2C)N1C. The molecule has 0 unspecified atom stereocenters. The average Bonchev–Trinajstić information content (AvgIpc) is 2.30. The van der Waals surface area contributed by atoms with Gasteiger partial charge in [0.05, 0.1) is 11.7 Å². The molecule has 0 aromatic carbocycles. The standard InChI is InChI=1S/C14H21N3/c1-10-6-5-9-16-14(10)13-8-4-7-12(11(2)15)17(13)3/h5-6,9,12-13,15H,4,7-8H2,1-3H3/t12-,13+/m1/s1. The molecule has 1 fully saturated rings. The van der Waals surface area contributed by atoms with Crippen LogP contribution in [0.3, 0.4) is 0 Å². The summed E-state index contributed by atoms with van der Waals surface area (Å²) in [5.74, 6) is 0. The van der Waals surface area contributed by atoms with Crippen LogP contribution in [0.25, 0.3) is 0 Å². The first-order valence-electron chi connectivity index (χ1n) is 6.29. The van der Waals surface area contributed by atoms with Crippen molar-refractivity contribution in [2.45, 2.75) is 45.2 Å². The van der Waals surface area contributed by atoms with E-state index in [1.807, 2.05) is 19.2 Å². The van der Waals surface area contributed by atoms with Crippen molar-refractivity contribution in [3.8, 4) is 0 Å². The normalized spacial score (nSPS) is 25.8. The fraction of sp³-hybridized carbons (Fsp3) is 0.571. The molecule has 3 nitrogen and oxygen atoms in total. The summed E-state index contributed by atoms with van der Waals surface area (Å²) in [6.07, 6.45) is 5.31. The predicted octanol–water partition coefficient (Wildman–Crippen LogP) is 2.96. The van der Waals surface area contributed by atoms with Crippen molar-refractivity contribution in [2.75, 3.05) is 7.05 Å². The Hall–Kier alpha value is -1.22. The lowest BCUT2D eigenvalue weighted by atomic mass is 9.90. The Bertz CT molecular complexity index is 414. The van der Waals surface area contributed by atoms with Crippen LogP contribution in [0, 0.1) is 12.3 Å². The Morgan fingerprint density at radius 2 is 2.24 bits per heavy atom. The van der Waals surface area contributed by atoms with Crippen LogP contribution in [0.1, 0.15) is 43.5 Å². The molecule has 0 spiro atoms. The molecule has 1 aliphatic rings. The van der Waals surface area contributed by atoms with Crippen LogP contribution in [-0.2, 0) is 0 Å². The molecule has 1 saturated heterocycles. The first-order chi connectivity index (χ1) is 8.11. The van der Waals surface area contributed by atoms with Gasteiger partial charge in [-0.1, -0.05) is 6.07 Å². The van der Waals surface area contributed by atoms with Gasteiger partial charge in [0.25, 0.3) is 0 Å². The van der Waals surface area contributed by atoms with Gasteiger partial charge in [0.2, 0.25) is 0 Å². The molecular formula is C14H21N3. The van der Waals surface area contributed by atoms with E-state index in [4.69, 9.17) is 5.41 Å². The van der Waals surface area contributed by atoms with Crippen LogP contribution in [0.5, 0.6) is 0 Å². The summed E-state index contributed by atoms with van der Waals surface area (Å²) in [5.41, 5.74) is 3.21. The molecule has 0 amide bonds. The van der Waals surface area contributed by atoms with Crippen molar-refractivity contribution in [1.29, 1.82) is 5.41 Å². The van der Waals surface area contributed by atoms with Crippen molar-refractivity contribution in [3.63, 3.8) is 0 Å². The number of hydrogen-bond acceptors (Lipinski definition) is 3. The molecule has 0 bridgehead atoms. The van der Waals surface area contributed by atoms with Gasteiger partial charge < -0.3 is 5.41 Å². The van der Waals surface area contributed by atoms with Gasteiger partial charge in [0.15, 0.2) is 0 Å². The van der Waals surface area contributed by atoms with Crippen LogP contribution in [0.2, 0.25) is 0 Å². The van der Waals surface area contributed by atoms with Gasteiger partial charge in [-0.3, -0.25) is 9.88 Å². The number of pyridine rings is 1. The van der Waals surface area contributed by atoms with Crippen molar-refractivity contribution in [1.82, 2.24) is 9.88 Å². The zero-order chi connectivity index (χ0) is 12.4. The molecule has 1 aromatic rings. The number of aromatic nitrogens is 1. The predicted molar refractivity (Wildman–Crippen MR) is 70.5 cm³/mol. The Morgan fingerprint density at radius 1 is 1.47 bits per heavy atom. The first-order valence-corrected chi connectivity index (χ1v) is 6.29. The third-order valence-corrected chi connectivity index (χ3v) is 3.80. The second-order valence-corrected chi connectivity index (χ2v) is 5.02. The van der Waals surface area contributed by atoms with Gasteiger partial charge >= 0.3 is 0 Å². The van der Waals surface area contributed by atoms with Crippen LogP contribution in [0.4, 0.5) is 0 Å². The molecule has 2 atom stereocenters. The molecule has 0 saturated carbocycles. The molecule has 2 rings (SSSR count). The number of piperidine rings is 1. The van der Waals surface area contributed by atoms with E-state index in [0.29, 0.717) is 6.04 Å². The van der Waals surface area contributed by atoms with Crippen molar-refractivity contribution in [3.05, 3.63) is 29.6 Å². The van der Waals surface area contributed by atoms with Gasteiger partial charge in [-0.2, -0.15) is 0 Å². The third kappa shape index (κ3) is 2.39. The van der Waals surface area contributed by atoms with Gasteiger partial charge in [-0.15, -0.1) is 0 Å². The minimum absolute atomic E-state index is 0.287. The summed E-state index contributed by atoms with van der Waals surface area (Å²) in [4.78, 5) is 6.85. The van der Waals surface area contributed by atoms with Crippen LogP contribution in [0.15, 0.2) is 18.3 Å². The van der Waals surface area contributed by atoms with Crippen molar-refractivity contribution >= 4 is 5.71 Å². The van der Waals surface area contributed by atoms with Crippen LogP contribution < -0.4 is 0 Å². The number of likely N-dealkylation sites (tertiary alicyclic amines) is 1. The minimum Gasteiger partial charge on any atom is -0.308 e. The number of nitrogens with zero attached hydrogens (tertiary/aromatic N) is 2. The molecule has 1 aliphatic heterocycles. The topological polar surface area (TPSA) is 40.0 Å². The zero-order valence-corrected chi connectivity index (χ0v) is 10.9. The highest BCUT2D eigenvalue weighted by Gasteiger charge is 2.31. The lowest BCUT2D eigenvalue weighted by Crippen LogP contribution is -2.43. The summed E-state index contributed by atoms with van der Waals surface area (Å²) < 4.78 is 0. The summed E-state index contributed by atoms with van der Waals surface area (Å²) in [6, 6.07) is 4.77. The van der Waals surface area contributed by atoms with E-state index in [1.54, 1.807) is 0 Å². The maximum absolute atomic E-state index is 7.86. The largest absolute Gasteiger partial charge is 0.308 e. The number of rotatable bonds is 2. The molecule has 0 aliphatic carbocycles. The van der Waals surface area contributed by atoms with Gasteiger partial charge in [-0.05, 0) is 51.8 Å². The quantitative estimate of drug-likeness (QED) is 0.795. The molecule has 3 heteroatoms. The average molecular weight is 231 g/mol. The highest BCUT2D eigenvalue weighted by Crippen LogP contribution is 2.33. The van der Waals surface area contributed by atoms with Crippen LogP contribution >= 0.6 is 0 Å². The highest BCUT2D eigenvalue weighted by atomic mass is 15.2. The van der Waals surface area contributed by atoms with E-state index < -0.39 is 0 Å². The first kappa shape index (κ1) is 12.2. The fourth-order valence-electron chi connectivity index (χ4n) is 2.83.